The van der Waals surface area contributed by atoms with Crippen molar-refractivity contribution in [3.05, 3.63) is 41.2 Å². The molecule has 1 N–H and O–H groups in total. The summed E-state index contributed by atoms with van der Waals surface area (Å²) < 4.78 is 5.26. The third-order valence-electron chi connectivity index (χ3n) is 1.84. The highest BCUT2D eigenvalue weighted by Crippen LogP contribution is 2.17. The fourth-order valence-electron chi connectivity index (χ4n) is 1.14. The summed E-state index contributed by atoms with van der Waals surface area (Å²) in [5, 5.41) is 9.49. The molecular weight excluding hydrogens is 178 g/mol. The Bertz CT molecular complexity index is 313. The molecule has 0 aromatic heterocycles. The molecule has 0 spiro atoms. The second-order valence-electron chi connectivity index (χ2n) is 2.86. The SMILES string of the molecule is [C-]#[N+]CC(O)c1ccc(OCC)cc1. The van der Waals surface area contributed by atoms with E-state index >= 15 is 0 Å². The molecule has 0 bridgehead atoms. The van der Waals surface area contributed by atoms with E-state index in [0.717, 1.165) is 11.3 Å². The summed E-state index contributed by atoms with van der Waals surface area (Å²) in [6.45, 7) is 9.28. The maximum Gasteiger partial charge on any atom is 0.244 e. The van der Waals surface area contributed by atoms with E-state index in [4.69, 9.17) is 11.3 Å². The van der Waals surface area contributed by atoms with Gasteiger partial charge >= 0.3 is 0 Å². The molecule has 1 unspecified atom stereocenters. The Labute approximate surface area is 83.8 Å². The van der Waals surface area contributed by atoms with Gasteiger partial charge in [-0.25, -0.2) is 6.57 Å². The minimum absolute atomic E-state index is 0.105. The number of rotatable bonds is 4. The lowest BCUT2D eigenvalue weighted by Crippen LogP contribution is -2.00. The topological polar surface area (TPSA) is 33.8 Å². The smallest absolute Gasteiger partial charge is 0.244 e. The zero-order valence-corrected chi connectivity index (χ0v) is 8.10. The minimum Gasteiger partial charge on any atom is -0.494 e. The normalized spacial score (nSPS) is 11.8. The molecule has 0 radical (unpaired) electrons. The van der Waals surface area contributed by atoms with Gasteiger partial charge in [-0.05, 0) is 24.6 Å². The Hall–Kier alpha value is -1.53. The molecule has 1 aromatic carbocycles. The molecule has 0 fully saturated rings. The Morgan fingerprint density at radius 3 is 2.57 bits per heavy atom. The Morgan fingerprint density at radius 2 is 2.07 bits per heavy atom. The van der Waals surface area contributed by atoms with E-state index in [0.29, 0.717) is 6.61 Å². The summed E-state index contributed by atoms with van der Waals surface area (Å²) in [5.74, 6) is 0.784. The fourth-order valence-corrected chi connectivity index (χ4v) is 1.14. The summed E-state index contributed by atoms with van der Waals surface area (Å²) in [5.41, 5.74) is 0.754. The number of aliphatic hydroxyl groups excluding tert-OH is 1. The molecule has 1 atom stereocenters. The zero-order chi connectivity index (χ0) is 10.4. The van der Waals surface area contributed by atoms with Gasteiger partial charge in [0.05, 0.1) is 6.61 Å². The van der Waals surface area contributed by atoms with Gasteiger partial charge in [0.1, 0.15) is 5.75 Å². The van der Waals surface area contributed by atoms with Gasteiger partial charge in [0, 0.05) is 0 Å². The lowest BCUT2D eigenvalue weighted by molar-refractivity contribution is 0.195. The molecule has 0 heterocycles. The Morgan fingerprint density at radius 1 is 1.43 bits per heavy atom. The first-order valence-corrected chi connectivity index (χ1v) is 4.52. The van der Waals surface area contributed by atoms with Crippen molar-refractivity contribution in [3.8, 4) is 5.75 Å². The molecule has 14 heavy (non-hydrogen) atoms. The summed E-state index contributed by atoms with van der Waals surface area (Å²) >= 11 is 0. The van der Waals surface area contributed by atoms with Crippen LogP contribution in [-0.2, 0) is 0 Å². The maximum absolute atomic E-state index is 9.49. The van der Waals surface area contributed by atoms with Gasteiger partial charge in [-0.2, -0.15) is 0 Å². The Balaban J connectivity index is 2.68. The van der Waals surface area contributed by atoms with E-state index in [9.17, 15) is 5.11 Å². The number of aliphatic hydroxyl groups is 1. The number of benzene rings is 1. The molecule has 0 amide bonds. The van der Waals surface area contributed by atoms with Crippen molar-refractivity contribution in [1.29, 1.82) is 0 Å². The van der Waals surface area contributed by atoms with E-state index < -0.39 is 6.10 Å². The largest absolute Gasteiger partial charge is 0.494 e. The van der Waals surface area contributed by atoms with Crippen LogP contribution in [0, 0.1) is 6.57 Å². The lowest BCUT2D eigenvalue weighted by atomic mass is 10.1. The highest BCUT2D eigenvalue weighted by molar-refractivity contribution is 5.28. The van der Waals surface area contributed by atoms with Crippen molar-refractivity contribution < 1.29 is 9.84 Å². The van der Waals surface area contributed by atoms with Gasteiger partial charge in [-0.15, -0.1) is 0 Å². The third kappa shape index (κ3) is 2.75. The molecule has 3 heteroatoms. The average molecular weight is 191 g/mol. The van der Waals surface area contributed by atoms with Gasteiger partial charge < -0.3 is 14.7 Å². The van der Waals surface area contributed by atoms with Crippen LogP contribution in [0.15, 0.2) is 24.3 Å². The van der Waals surface area contributed by atoms with Crippen LogP contribution < -0.4 is 4.74 Å². The first-order valence-electron chi connectivity index (χ1n) is 4.52. The van der Waals surface area contributed by atoms with Crippen LogP contribution in [-0.4, -0.2) is 18.3 Å². The van der Waals surface area contributed by atoms with Crippen LogP contribution in [0.3, 0.4) is 0 Å². The van der Waals surface area contributed by atoms with E-state index in [1.54, 1.807) is 24.3 Å². The standard InChI is InChI=1S/C11H13NO2/c1-3-14-10-6-4-9(5-7-10)11(13)8-12-2/h4-7,11,13H,3,8H2,1H3. The van der Waals surface area contributed by atoms with Crippen molar-refractivity contribution in [3.63, 3.8) is 0 Å². The van der Waals surface area contributed by atoms with E-state index in [-0.39, 0.29) is 6.54 Å². The van der Waals surface area contributed by atoms with Crippen LogP contribution >= 0.6 is 0 Å². The summed E-state index contributed by atoms with van der Waals surface area (Å²) in [4.78, 5) is 3.14. The van der Waals surface area contributed by atoms with Crippen molar-refractivity contribution in [1.82, 2.24) is 0 Å². The first kappa shape index (κ1) is 10.6. The molecule has 0 aliphatic heterocycles. The highest BCUT2D eigenvalue weighted by atomic mass is 16.5. The van der Waals surface area contributed by atoms with E-state index in [1.165, 1.54) is 0 Å². The van der Waals surface area contributed by atoms with Gasteiger partial charge in [-0.1, -0.05) is 12.1 Å². The van der Waals surface area contributed by atoms with Gasteiger partial charge in [0.2, 0.25) is 6.54 Å². The second kappa shape index (κ2) is 5.25. The van der Waals surface area contributed by atoms with Crippen LogP contribution in [0.1, 0.15) is 18.6 Å². The van der Waals surface area contributed by atoms with Crippen LogP contribution in [0.5, 0.6) is 5.75 Å². The number of ether oxygens (including phenoxy) is 1. The molecule has 0 aliphatic carbocycles. The molecule has 1 rings (SSSR count). The first-order chi connectivity index (χ1) is 6.77. The van der Waals surface area contributed by atoms with Gasteiger partial charge in [-0.3, -0.25) is 0 Å². The van der Waals surface area contributed by atoms with Crippen molar-refractivity contribution in [2.45, 2.75) is 13.0 Å². The molecular formula is C11H13NO2. The predicted molar refractivity (Wildman–Crippen MR) is 54.0 cm³/mol. The van der Waals surface area contributed by atoms with Crippen molar-refractivity contribution in [2.75, 3.05) is 13.2 Å². The number of hydrogen-bond donors (Lipinski definition) is 1. The molecule has 74 valence electrons. The lowest BCUT2D eigenvalue weighted by Gasteiger charge is -2.06. The minimum atomic E-state index is -0.692. The summed E-state index contributed by atoms with van der Waals surface area (Å²) in [6, 6.07) is 7.15. The van der Waals surface area contributed by atoms with Crippen LogP contribution in [0.4, 0.5) is 0 Å². The summed E-state index contributed by atoms with van der Waals surface area (Å²) in [7, 11) is 0. The maximum atomic E-state index is 9.49. The second-order valence-corrected chi connectivity index (χ2v) is 2.86. The van der Waals surface area contributed by atoms with Gasteiger partial charge in [0.25, 0.3) is 0 Å². The van der Waals surface area contributed by atoms with E-state index in [1.807, 2.05) is 6.92 Å². The number of hydrogen-bond acceptors (Lipinski definition) is 2. The molecule has 0 saturated carbocycles. The van der Waals surface area contributed by atoms with Crippen molar-refractivity contribution in [2.24, 2.45) is 0 Å². The predicted octanol–water partition coefficient (Wildman–Crippen LogP) is 2.04. The van der Waals surface area contributed by atoms with Crippen LogP contribution in [0.25, 0.3) is 4.85 Å². The monoisotopic (exact) mass is 191 g/mol. The van der Waals surface area contributed by atoms with Gasteiger partial charge in [0.15, 0.2) is 6.10 Å². The zero-order valence-electron chi connectivity index (χ0n) is 8.10. The molecule has 3 nitrogen and oxygen atoms in total. The van der Waals surface area contributed by atoms with E-state index in [2.05, 4.69) is 4.85 Å². The summed E-state index contributed by atoms with van der Waals surface area (Å²) in [6.07, 6.45) is -0.692. The Kier molecular flexibility index (Phi) is 3.96. The molecule has 0 aliphatic rings. The fraction of sp³-hybridized carbons (Fsp3) is 0.364. The number of nitrogens with zero attached hydrogens (tertiary/aromatic N) is 1. The quantitative estimate of drug-likeness (QED) is 0.739. The van der Waals surface area contributed by atoms with Crippen LogP contribution in [0.2, 0.25) is 0 Å². The van der Waals surface area contributed by atoms with Crippen molar-refractivity contribution >= 4 is 0 Å². The highest BCUT2D eigenvalue weighted by Gasteiger charge is 2.09. The molecule has 0 saturated heterocycles. The third-order valence-corrected chi connectivity index (χ3v) is 1.84. The average Bonchev–Trinajstić information content (AvgIpc) is 2.20. The molecule has 1 aromatic rings.